The first-order valence-electron chi connectivity index (χ1n) is 10.1. The Hall–Kier alpha value is -2.73. The molecule has 29 heavy (non-hydrogen) atoms. The summed E-state index contributed by atoms with van der Waals surface area (Å²) in [5.41, 5.74) is 3.67. The minimum atomic E-state index is -0.146. The maximum absolute atomic E-state index is 12.2. The second-order valence-electron chi connectivity index (χ2n) is 7.35. The number of hydrogen-bond acceptors (Lipinski definition) is 4. The number of hydrogen-bond donors (Lipinski definition) is 2. The van der Waals surface area contributed by atoms with Gasteiger partial charge in [-0.2, -0.15) is 0 Å². The average molecular weight is 398 g/mol. The lowest BCUT2D eigenvalue weighted by atomic mass is 9.87. The second kappa shape index (κ2) is 9.65. The number of rotatable bonds is 7. The molecule has 1 aliphatic rings. The molecule has 0 unspecified atom stereocenters. The molecule has 6 heteroatoms. The third-order valence-corrected chi connectivity index (χ3v) is 5.42. The molecule has 2 aromatic carbocycles. The Kier molecular flexibility index (Phi) is 6.99. The van der Waals surface area contributed by atoms with E-state index in [1.54, 1.807) is 14.2 Å². The van der Waals surface area contributed by atoms with Crippen LogP contribution in [0.5, 0.6) is 11.5 Å². The predicted octanol–water partition coefficient (Wildman–Crippen LogP) is 3.51. The molecule has 0 aliphatic carbocycles. The zero-order chi connectivity index (χ0) is 20.8. The molecule has 0 saturated carbocycles. The zero-order valence-corrected chi connectivity index (χ0v) is 17.7. The van der Waals surface area contributed by atoms with E-state index in [1.165, 1.54) is 16.7 Å². The summed E-state index contributed by atoms with van der Waals surface area (Å²) in [6, 6.07) is 14.4. The molecule has 0 spiro atoms. The van der Waals surface area contributed by atoms with E-state index in [1.807, 2.05) is 13.0 Å². The number of urea groups is 1. The Morgan fingerprint density at radius 3 is 2.52 bits per heavy atom. The Bertz CT molecular complexity index is 826. The normalized spacial score (nSPS) is 17.2. The van der Waals surface area contributed by atoms with Crippen LogP contribution in [0.2, 0.25) is 0 Å². The molecule has 0 aromatic heterocycles. The van der Waals surface area contributed by atoms with Crippen molar-refractivity contribution in [2.45, 2.75) is 38.9 Å². The van der Waals surface area contributed by atoms with Crippen molar-refractivity contribution >= 4 is 6.03 Å². The lowest BCUT2D eigenvalue weighted by Gasteiger charge is -2.41. The lowest BCUT2D eigenvalue weighted by molar-refractivity contribution is 0.143. The molecule has 3 rings (SSSR count). The number of ether oxygens (including phenoxy) is 2. The van der Waals surface area contributed by atoms with Gasteiger partial charge in [-0.1, -0.05) is 30.3 Å². The van der Waals surface area contributed by atoms with Gasteiger partial charge in [0.25, 0.3) is 0 Å². The van der Waals surface area contributed by atoms with Gasteiger partial charge in [-0.15, -0.1) is 0 Å². The average Bonchev–Trinajstić information content (AvgIpc) is 2.73. The van der Waals surface area contributed by atoms with Crippen LogP contribution in [0.1, 0.15) is 36.6 Å². The van der Waals surface area contributed by atoms with E-state index in [4.69, 9.17) is 9.47 Å². The van der Waals surface area contributed by atoms with Gasteiger partial charge in [0.15, 0.2) is 11.5 Å². The Labute approximate surface area is 173 Å². The molecular weight excluding hydrogens is 366 g/mol. The predicted molar refractivity (Wildman–Crippen MR) is 115 cm³/mol. The summed E-state index contributed by atoms with van der Waals surface area (Å²) in [4.78, 5) is 14.6. The molecule has 0 bridgehead atoms. The zero-order valence-electron chi connectivity index (χ0n) is 17.7. The van der Waals surface area contributed by atoms with Gasteiger partial charge in [0.05, 0.1) is 20.3 Å². The number of nitrogens with zero attached hydrogens (tertiary/aromatic N) is 1. The van der Waals surface area contributed by atoms with E-state index in [2.05, 4.69) is 58.9 Å². The van der Waals surface area contributed by atoms with Gasteiger partial charge in [0.2, 0.25) is 0 Å². The van der Waals surface area contributed by atoms with Crippen molar-refractivity contribution in [1.82, 2.24) is 15.5 Å². The van der Waals surface area contributed by atoms with E-state index in [-0.39, 0.29) is 18.1 Å². The molecule has 0 saturated heterocycles. The second-order valence-corrected chi connectivity index (χ2v) is 7.35. The molecule has 0 fully saturated rings. The summed E-state index contributed by atoms with van der Waals surface area (Å²) in [5, 5.41) is 5.94. The van der Waals surface area contributed by atoms with Gasteiger partial charge < -0.3 is 20.1 Å². The van der Waals surface area contributed by atoms with Crippen molar-refractivity contribution in [2.24, 2.45) is 0 Å². The molecule has 2 N–H and O–H groups in total. The van der Waals surface area contributed by atoms with Crippen LogP contribution in [0.4, 0.5) is 4.79 Å². The fraction of sp³-hybridized carbons (Fsp3) is 0.435. The number of fused-ring (bicyclic) bond motifs is 1. The summed E-state index contributed by atoms with van der Waals surface area (Å²) in [5.74, 6) is 1.45. The van der Waals surface area contributed by atoms with Crippen molar-refractivity contribution in [3.63, 3.8) is 0 Å². The summed E-state index contributed by atoms with van der Waals surface area (Å²) >= 11 is 0. The molecule has 2 aromatic rings. The van der Waals surface area contributed by atoms with Crippen LogP contribution in [0, 0.1) is 0 Å². The summed E-state index contributed by atoms with van der Waals surface area (Å²) < 4.78 is 11.1. The maximum Gasteiger partial charge on any atom is 0.315 e. The van der Waals surface area contributed by atoms with Crippen molar-refractivity contribution in [1.29, 1.82) is 0 Å². The molecular formula is C23H31N3O3. The summed E-state index contributed by atoms with van der Waals surface area (Å²) in [7, 11) is 3.31. The minimum Gasteiger partial charge on any atom is -0.493 e. The van der Waals surface area contributed by atoms with E-state index in [0.29, 0.717) is 12.3 Å². The van der Waals surface area contributed by atoms with Crippen LogP contribution >= 0.6 is 0 Å². The third-order valence-electron chi connectivity index (χ3n) is 5.42. The Morgan fingerprint density at radius 1 is 1.17 bits per heavy atom. The molecule has 2 amide bonds. The molecule has 156 valence electrons. The van der Waals surface area contributed by atoms with Crippen molar-refractivity contribution in [3.05, 3.63) is 59.2 Å². The van der Waals surface area contributed by atoms with Gasteiger partial charge in [-0.25, -0.2) is 4.79 Å². The highest BCUT2D eigenvalue weighted by Gasteiger charge is 2.33. The highest BCUT2D eigenvalue weighted by atomic mass is 16.5. The first-order valence-corrected chi connectivity index (χ1v) is 10.1. The van der Waals surface area contributed by atoms with Crippen LogP contribution in [-0.4, -0.2) is 44.3 Å². The third kappa shape index (κ3) is 4.82. The number of carbonyl (C=O) groups excluding carboxylic acids is 1. The highest BCUT2D eigenvalue weighted by Crippen LogP contribution is 2.40. The van der Waals surface area contributed by atoms with E-state index in [0.717, 1.165) is 25.3 Å². The van der Waals surface area contributed by atoms with E-state index >= 15 is 0 Å². The van der Waals surface area contributed by atoms with Crippen LogP contribution in [0.15, 0.2) is 42.5 Å². The largest absolute Gasteiger partial charge is 0.493 e. The molecule has 6 nitrogen and oxygen atoms in total. The fourth-order valence-electron chi connectivity index (χ4n) is 4.11. The topological polar surface area (TPSA) is 62.8 Å². The van der Waals surface area contributed by atoms with Gasteiger partial charge in [0.1, 0.15) is 0 Å². The molecule has 1 heterocycles. The van der Waals surface area contributed by atoms with Gasteiger partial charge in [-0.3, -0.25) is 4.90 Å². The molecule has 2 atom stereocenters. The minimum absolute atomic E-state index is 0.0290. The van der Waals surface area contributed by atoms with E-state index in [9.17, 15) is 4.79 Å². The van der Waals surface area contributed by atoms with Crippen molar-refractivity contribution in [2.75, 3.05) is 27.3 Å². The number of amides is 2. The maximum atomic E-state index is 12.2. The number of nitrogens with one attached hydrogen (secondary N) is 2. The SMILES string of the molecule is CCNC(=O)N[C@@H](C)[C@H]1c2cc(OC)c(OC)cc2CCN1Cc1ccccc1. The standard InChI is InChI=1S/C23H31N3O3/c1-5-24-23(27)25-16(2)22-19-14-21(29-4)20(28-3)13-18(19)11-12-26(22)15-17-9-7-6-8-10-17/h6-10,13-14,16,22H,5,11-12,15H2,1-4H3,(H2,24,25,27)/t16-,22-/m0/s1. The summed E-state index contributed by atoms with van der Waals surface area (Å²) in [6.07, 6.45) is 0.924. The van der Waals surface area contributed by atoms with Crippen LogP contribution in [-0.2, 0) is 13.0 Å². The van der Waals surface area contributed by atoms with Crippen LogP contribution < -0.4 is 20.1 Å². The fourth-order valence-corrected chi connectivity index (χ4v) is 4.11. The molecule has 0 radical (unpaired) electrons. The van der Waals surface area contributed by atoms with Crippen molar-refractivity contribution in [3.8, 4) is 11.5 Å². The quantitative estimate of drug-likeness (QED) is 0.751. The van der Waals surface area contributed by atoms with Gasteiger partial charge in [-0.05, 0) is 49.1 Å². The van der Waals surface area contributed by atoms with Gasteiger partial charge in [0, 0.05) is 25.7 Å². The number of carbonyl (C=O) groups is 1. The number of methoxy groups -OCH3 is 2. The highest BCUT2D eigenvalue weighted by molar-refractivity contribution is 5.74. The Balaban J connectivity index is 1.96. The Morgan fingerprint density at radius 2 is 1.86 bits per heavy atom. The summed E-state index contributed by atoms with van der Waals surface area (Å²) in [6.45, 7) is 6.30. The van der Waals surface area contributed by atoms with Crippen molar-refractivity contribution < 1.29 is 14.3 Å². The monoisotopic (exact) mass is 397 g/mol. The lowest BCUT2D eigenvalue weighted by Crippen LogP contribution is -2.49. The van der Waals surface area contributed by atoms with E-state index < -0.39 is 0 Å². The smallest absolute Gasteiger partial charge is 0.315 e. The van der Waals surface area contributed by atoms with Crippen LogP contribution in [0.3, 0.4) is 0 Å². The molecule has 1 aliphatic heterocycles. The first kappa shape index (κ1) is 21.0. The first-order chi connectivity index (χ1) is 14.1. The van der Waals surface area contributed by atoms with Crippen LogP contribution in [0.25, 0.3) is 0 Å². The number of benzene rings is 2. The van der Waals surface area contributed by atoms with Gasteiger partial charge >= 0.3 is 6.03 Å².